The van der Waals surface area contributed by atoms with Crippen molar-refractivity contribution >= 4 is 17.2 Å². The van der Waals surface area contributed by atoms with E-state index in [4.69, 9.17) is 5.73 Å². The maximum atomic E-state index is 11.6. The number of amides is 1. The van der Waals surface area contributed by atoms with Crippen molar-refractivity contribution in [2.75, 3.05) is 6.54 Å². The summed E-state index contributed by atoms with van der Waals surface area (Å²) >= 11 is 1.41. The first-order valence-corrected chi connectivity index (χ1v) is 5.97. The first-order valence-electron chi connectivity index (χ1n) is 5.02. The van der Waals surface area contributed by atoms with Crippen molar-refractivity contribution in [3.8, 4) is 0 Å². The van der Waals surface area contributed by atoms with E-state index in [2.05, 4.69) is 24.1 Å². The summed E-state index contributed by atoms with van der Waals surface area (Å²) in [5.74, 6) is 0.390. The fraction of sp³-hybridized carbons (Fsp3) is 0.600. The Morgan fingerprint density at radius 1 is 1.67 bits per heavy atom. The highest BCUT2D eigenvalue weighted by atomic mass is 32.1. The molecular weight excluding hydrogens is 210 g/mol. The minimum absolute atomic E-state index is 0.0409. The summed E-state index contributed by atoms with van der Waals surface area (Å²) in [5, 5.41) is 4.62. The van der Waals surface area contributed by atoms with E-state index in [9.17, 15) is 4.79 Å². The van der Waals surface area contributed by atoms with Crippen LogP contribution < -0.4 is 11.1 Å². The summed E-state index contributed by atoms with van der Waals surface area (Å²) in [6, 6.07) is 0.0409. The summed E-state index contributed by atoms with van der Waals surface area (Å²) in [6.45, 7) is 4.68. The number of aromatic nitrogens is 1. The van der Waals surface area contributed by atoms with Crippen LogP contribution in [-0.4, -0.2) is 23.5 Å². The van der Waals surface area contributed by atoms with Crippen molar-refractivity contribution in [1.29, 1.82) is 0 Å². The molecule has 0 saturated carbocycles. The Morgan fingerprint density at radius 2 is 2.40 bits per heavy atom. The van der Waals surface area contributed by atoms with E-state index >= 15 is 0 Å². The van der Waals surface area contributed by atoms with E-state index in [-0.39, 0.29) is 11.9 Å². The highest BCUT2D eigenvalue weighted by Crippen LogP contribution is 2.06. The standard InChI is InChI=1S/C10H17N3OS/c1-7(2)3-8(4-11)13-10(14)9-5-15-6-12-9/h5-8H,3-4,11H2,1-2H3,(H,13,14). The van der Waals surface area contributed by atoms with E-state index < -0.39 is 0 Å². The molecule has 0 aliphatic rings. The van der Waals surface area contributed by atoms with Crippen molar-refractivity contribution in [2.45, 2.75) is 26.3 Å². The number of nitrogens with two attached hydrogens (primary N) is 1. The molecule has 0 bridgehead atoms. The Hall–Kier alpha value is -0.940. The van der Waals surface area contributed by atoms with Gasteiger partial charge in [0.15, 0.2) is 0 Å². The molecule has 1 aromatic heterocycles. The van der Waals surface area contributed by atoms with E-state index in [1.54, 1.807) is 10.9 Å². The van der Waals surface area contributed by atoms with Gasteiger partial charge in [0, 0.05) is 18.0 Å². The molecule has 0 aliphatic carbocycles. The van der Waals surface area contributed by atoms with Crippen molar-refractivity contribution in [2.24, 2.45) is 11.7 Å². The van der Waals surface area contributed by atoms with E-state index in [0.29, 0.717) is 18.2 Å². The number of carbonyl (C=O) groups is 1. The van der Waals surface area contributed by atoms with Gasteiger partial charge in [0.1, 0.15) is 5.69 Å². The zero-order valence-corrected chi connectivity index (χ0v) is 9.88. The van der Waals surface area contributed by atoms with E-state index in [0.717, 1.165) is 6.42 Å². The van der Waals surface area contributed by atoms with Gasteiger partial charge in [0.25, 0.3) is 5.91 Å². The number of thiazole rings is 1. The van der Waals surface area contributed by atoms with Crippen LogP contribution in [0, 0.1) is 5.92 Å². The lowest BCUT2D eigenvalue weighted by Crippen LogP contribution is -2.41. The van der Waals surface area contributed by atoms with Gasteiger partial charge in [-0.1, -0.05) is 13.8 Å². The normalized spacial score (nSPS) is 12.8. The van der Waals surface area contributed by atoms with Gasteiger partial charge in [0.05, 0.1) is 5.51 Å². The second-order valence-electron chi connectivity index (χ2n) is 3.91. The Kier molecular flexibility index (Phi) is 4.71. The van der Waals surface area contributed by atoms with Gasteiger partial charge in [-0.25, -0.2) is 4.98 Å². The lowest BCUT2D eigenvalue weighted by molar-refractivity contribution is 0.0929. The molecule has 1 amide bonds. The first kappa shape index (κ1) is 12.1. The number of rotatable bonds is 5. The van der Waals surface area contributed by atoms with Crippen LogP contribution in [-0.2, 0) is 0 Å². The number of nitrogens with zero attached hydrogens (tertiary/aromatic N) is 1. The van der Waals surface area contributed by atoms with Crippen LogP contribution in [0.3, 0.4) is 0 Å². The zero-order valence-electron chi connectivity index (χ0n) is 9.06. The van der Waals surface area contributed by atoms with Gasteiger partial charge in [-0.2, -0.15) is 0 Å². The largest absolute Gasteiger partial charge is 0.347 e. The number of carbonyl (C=O) groups excluding carboxylic acids is 1. The molecule has 0 saturated heterocycles. The molecule has 1 rings (SSSR count). The lowest BCUT2D eigenvalue weighted by atomic mass is 10.0. The average Bonchev–Trinajstić information content (AvgIpc) is 2.68. The van der Waals surface area contributed by atoms with Gasteiger partial charge >= 0.3 is 0 Å². The predicted molar refractivity (Wildman–Crippen MR) is 61.9 cm³/mol. The van der Waals surface area contributed by atoms with E-state index in [1.807, 2.05) is 0 Å². The molecule has 1 atom stereocenters. The Bertz CT molecular complexity index is 298. The van der Waals surface area contributed by atoms with Crippen molar-refractivity contribution in [3.05, 3.63) is 16.6 Å². The van der Waals surface area contributed by atoms with Crippen LogP contribution in [0.4, 0.5) is 0 Å². The number of hydrogen-bond acceptors (Lipinski definition) is 4. The minimum atomic E-state index is -0.132. The average molecular weight is 227 g/mol. The number of nitrogens with one attached hydrogen (secondary N) is 1. The Balaban J connectivity index is 2.48. The number of hydrogen-bond donors (Lipinski definition) is 2. The second-order valence-corrected chi connectivity index (χ2v) is 4.63. The van der Waals surface area contributed by atoms with Crippen molar-refractivity contribution in [3.63, 3.8) is 0 Å². The molecule has 0 spiro atoms. The fourth-order valence-electron chi connectivity index (χ4n) is 1.37. The molecule has 15 heavy (non-hydrogen) atoms. The highest BCUT2D eigenvalue weighted by molar-refractivity contribution is 7.07. The third kappa shape index (κ3) is 3.97. The molecule has 0 radical (unpaired) electrons. The summed E-state index contributed by atoms with van der Waals surface area (Å²) < 4.78 is 0. The monoisotopic (exact) mass is 227 g/mol. The van der Waals surface area contributed by atoms with Crippen LogP contribution in [0.1, 0.15) is 30.8 Å². The van der Waals surface area contributed by atoms with Crippen LogP contribution in [0.5, 0.6) is 0 Å². The lowest BCUT2D eigenvalue weighted by Gasteiger charge is -2.17. The van der Waals surface area contributed by atoms with Crippen LogP contribution in [0.25, 0.3) is 0 Å². The van der Waals surface area contributed by atoms with Gasteiger partial charge in [-0.3, -0.25) is 4.79 Å². The summed E-state index contributed by atoms with van der Waals surface area (Å²) in [4.78, 5) is 15.6. The molecule has 3 N–H and O–H groups in total. The summed E-state index contributed by atoms with van der Waals surface area (Å²) in [6.07, 6.45) is 0.895. The maximum Gasteiger partial charge on any atom is 0.271 e. The molecular formula is C10H17N3OS. The molecule has 84 valence electrons. The van der Waals surface area contributed by atoms with Crippen LogP contribution in [0.2, 0.25) is 0 Å². The first-order chi connectivity index (χ1) is 7.13. The third-order valence-corrected chi connectivity index (χ3v) is 2.63. The molecule has 5 heteroatoms. The smallest absolute Gasteiger partial charge is 0.271 e. The quantitative estimate of drug-likeness (QED) is 0.795. The predicted octanol–water partition coefficient (Wildman–Crippen LogP) is 1.25. The van der Waals surface area contributed by atoms with Crippen LogP contribution in [0.15, 0.2) is 10.9 Å². The van der Waals surface area contributed by atoms with Gasteiger partial charge < -0.3 is 11.1 Å². The third-order valence-electron chi connectivity index (χ3n) is 2.04. The fourth-order valence-corrected chi connectivity index (χ4v) is 1.90. The maximum absolute atomic E-state index is 11.6. The molecule has 1 aromatic rings. The highest BCUT2D eigenvalue weighted by Gasteiger charge is 2.14. The van der Waals surface area contributed by atoms with Crippen LogP contribution >= 0.6 is 11.3 Å². The molecule has 0 fully saturated rings. The van der Waals surface area contributed by atoms with Crippen molar-refractivity contribution in [1.82, 2.24) is 10.3 Å². The molecule has 1 unspecified atom stereocenters. The minimum Gasteiger partial charge on any atom is -0.347 e. The van der Waals surface area contributed by atoms with Gasteiger partial charge in [-0.15, -0.1) is 11.3 Å². The van der Waals surface area contributed by atoms with Crippen molar-refractivity contribution < 1.29 is 4.79 Å². The molecule has 0 aliphatic heterocycles. The summed E-state index contributed by atoms with van der Waals surface area (Å²) in [7, 11) is 0. The van der Waals surface area contributed by atoms with E-state index in [1.165, 1.54) is 11.3 Å². The zero-order chi connectivity index (χ0) is 11.3. The molecule has 1 heterocycles. The second kappa shape index (κ2) is 5.82. The Morgan fingerprint density at radius 3 is 2.87 bits per heavy atom. The topological polar surface area (TPSA) is 68.0 Å². The molecule has 0 aromatic carbocycles. The van der Waals surface area contributed by atoms with Gasteiger partial charge in [-0.05, 0) is 12.3 Å². The van der Waals surface area contributed by atoms with Gasteiger partial charge in [0.2, 0.25) is 0 Å². The Labute approximate surface area is 93.9 Å². The molecule has 4 nitrogen and oxygen atoms in total. The SMILES string of the molecule is CC(C)CC(CN)NC(=O)c1cscn1. The summed E-state index contributed by atoms with van der Waals surface area (Å²) in [5.41, 5.74) is 7.71.